The van der Waals surface area contributed by atoms with Gasteiger partial charge in [0.25, 0.3) is 0 Å². The Bertz CT molecular complexity index is 175. The van der Waals surface area contributed by atoms with Crippen LogP contribution >= 0.6 is 0 Å². The van der Waals surface area contributed by atoms with E-state index in [1.807, 2.05) is 0 Å². The van der Waals surface area contributed by atoms with Crippen molar-refractivity contribution in [2.45, 2.75) is 32.7 Å². The van der Waals surface area contributed by atoms with E-state index in [2.05, 4.69) is 44.4 Å². The fourth-order valence-corrected chi connectivity index (χ4v) is 0.910. The standard InChI is InChI=1S/C9H15N/c1-4-8-5-6-9(2,3)10-7-8/h5-7,10H,4H2,1-3H3. The molecule has 0 amide bonds. The third-order valence-electron chi connectivity index (χ3n) is 1.75. The van der Waals surface area contributed by atoms with Crippen molar-refractivity contribution in [3.05, 3.63) is 23.9 Å². The molecule has 0 spiro atoms. The molecule has 0 radical (unpaired) electrons. The van der Waals surface area contributed by atoms with Gasteiger partial charge in [0.05, 0.1) is 0 Å². The van der Waals surface area contributed by atoms with Gasteiger partial charge < -0.3 is 5.32 Å². The summed E-state index contributed by atoms with van der Waals surface area (Å²) in [5.74, 6) is 0. The predicted octanol–water partition coefficient (Wildman–Crippen LogP) is 2.22. The summed E-state index contributed by atoms with van der Waals surface area (Å²) in [6, 6.07) is 0. The molecule has 1 N–H and O–H groups in total. The first-order chi connectivity index (χ1) is 4.64. The van der Waals surface area contributed by atoms with E-state index >= 15 is 0 Å². The molecule has 0 bridgehead atoms. The summed E-state index contributed by atoms with van der Waals surface area (Å²) in [6.45, 7) is 6.48. The highest BCUT2D eigenvalue weighted by atomic mass is 14.9. The maximum absolute atomic E-state index is 3.31. The van der Waals surface area contributed by atoms with Crippen molar-refractivity contribution in [3.63, 3.8) is 0 Å². The maximum atomic E-state index is 3.31. The van der Waals surface area contributed by atoms with Gasteiger partial charge in [0.2, 0.25) is 0 Å². The van der Waals surface area contributed by atoms with Crippen LogP contribution in [0.1, 0.15) is 27.2 Å². The second-order valence-corrected chi connectivity index (χ2v) is 3.27. The van der Waals surface area contributed by atoms with Crippen molar-refractivity contribution in [2.24, 2.45) is 0 Å². The quantitative estimate of drug-likeness (QED) is 0.584. The monoisotopic (exact) mass is 137 g/mol. The second-order valence-electron chi connectivity index (χ2n) is 3.27. The molecule has 0 unspecified atom stereocenters. The third-order valence-corrected chi connectivity index (χ3v) is 1.75. The second kappa shape index (κ2) is 2.49. The molecular formula is C9H15N. The van der Waals surface area contributed by atoms with E-state index in [0.29, 0.717) is 0 Å². The molecule has 0 aromatic rings. The molecule has 0 saturated heterocycles. The van der Waals surface area contributed by atoms with E-state index in [4.69, 9.17) is 0 Å². The molecule has 0 atom stereocenters. The van der Waals surface area contributed by atoms with Gasteiger partial charge in [0.1, 0.15) is 0 Å². The Hall–Kier alpha value is -0.720. The van der Waals surface area contributed by atoms with Gasteiger partial charge >= 0.3 is 0 Å². The molecule has 0 aromatic heterocycles. The number of hydrogen-bond donors (Lipinski definition) is 1. The highest BCUT2D eigenvalue weighted by molar-refractivity contribution is 5.26. The van der Waals surface area contributed by atoms with Gasteiger partial charge in [-0.15, -0.1) is 0 Å². The van der Waals surface area contributed by atoms with Crippen molar-refractivity contribution in [2.75, 3.05) is 0 Å². The lowest BCUT2D eigenvalue weighted by Gasteiger charge is -2.25. The molecule has 0 saturated carbocycles. The van der Waals surface area contributed by atoms with Crippen LogP contribution in [-0.4, -0.2) is 5.54 Å². The van der Waals surface area contributed by atoms with Crippen LogP contribution in [0.25, 0.3) is 0 Å². The summed E-state index contributed by atoms with van der Waals surface area (Å²) in [5, 5.41) is 3.31. The van der Waals surface area contributed by atoms with Crippen molar-refractivity contribution in [1.82, 2.24) is 5.32 Å². The normalized spacial score (nSPS) is 21.7. The average molecular weight is 137 g/mol. The van der Waals surface area contributed by atoms with E-state index in [9.17, 15) is 0 Å². The maximum Gasteiger partial charge on any atom is 0.0497 e. The summed E-state index contributed by atoms with van der Waals surface area (Å²) >= 11 is 0. The molecule has 0 aliphatic carbocycles. The Morgan fingerprint density at radius 2 is 2.20 bits per heavy atom. The molecule has 10 heavy (non-hydrogen) atoms. The minimum atomic E-state index is 0.151. The Labute approximate surface area is 62.8 Å². The molecule has 0 aromatic carbocycles. The molecule has 56 valence electrons. The lowest BCUT2D eigenvalue weighted by atomic mass is 10.00. The van der Waals surface area contributed by atoms with Crippen LogP contribution in [0, 0.1) is 0 Å². The van der Waals surface area contributed by atoms with Crippen LogP contribution < -0.4 is 5.32 Å². The topological polar surface area (TPSA) is 12.0 Å². The predicted molar refractivity (Wildman–Crippen MR) is 44.7 cm³/mol. The third kappa shape index (κ3) is 1.63. The fourth-order valence-electron chi connectivity index (χ4n) is 0.910. The molecule has 1 heteroatoms. The van der Waals surface area contributed by atoms with Gasteiger partial charge in [0, 0.05) is 11.7 Å². The highest BCUT2D eigenvalue weighted by Gasteiger charge is 2.13. The summed E-state index contributed by atoms with van der Waals surface area (Å²) in [5.41, 5.74) is 1.53. The van der Waals surface area contributed by atoms with Crippen LogP contribution in [0.15, 0.2) is 23.9 Å². The zero-order chi connectivity index (χ0) is 7.61. The number of rotatable bonds is 1. The number of hydrogen-bond acceptors (Lipinski definition) is 1. The summed E-state index contributed by atoms with van der Waals surface area (Å²) in [4.78, 5) is 0. The van der Waals surface area contributed by atoms with Crippen LogP contribution in [-0.2, 0) is 0 Å². The van der Waals surface area contributed by atoms with Gasteiger partial charge in [-0.05, 0) is 25.8 Å². The number of allylic oxidation sites excluding steroid dienone is 2. The van der Waals surface area contributed by atoms with Gasteiger partial charge in [0.15, 0.2) is 0 Å². The summed E-state index contributed by atoms with van der Waals surface area (Å²) < 4.78 is 0. The zero-order valence-corrected chi connectivity index (χ0v) is 6.94. The molecule has 1 aliphatic rings. The van der Waals surface area contributed by atoms with E-state index < -0.39 is 0 Å². The van der Waals surface area contributed by atoms with Crippen molar-refractivity contribution in [1.29, 1.82) is 0 Å². The van der Waals surface area contributed by atoms with Crippen LogP contribution in [0.2, 0.25) is 0 Å². The number of dihydropyridines is 1. The van der Waals surface area contributed by atoms with Gasteiger partial charge in [-0.25, -0.2) is 0 Å². The van der Waals surface area contributed by atoms with Crippen molar-refractivity contribution >= 4 is 0 Å². The Kier molecular flexibility index (Phi) is 1.84. The van der Waals surface area contributed by atoms with Gasteiger partial charge in [-0.2, -0.15) is 0 Å². The highest BCUT2D eigenvalue weighted by Crippen LogP contribution is 2.14. The smallest absolute Gasteiger partial charge is 0.0497 e. The Morgan fingerprint density at radius 3 is 2.60 bits per heavy atom. The summed E-state index contributed by atoms with van der Waals surface area (Å²) in [6.07, 6.45) is 7.60. The first-order valence-electron chi connectivity index (χ1n) is 3.80. The van der Waals surface area contributed by atoms with Crippen molar-refractivity contribution < 1.29 is 0 Å². The molecule has 0 fully saturated rings. The van der Waals surface area contributed by atoms with E-state index in [-0.39, 0.29) is 5.54 Å². The van der Waals surface area contributed by atoms with Gasteiger partial charge in [-0.3, -0.25) is 0 Å². The SMILES string of the molecule is CCC1=CNC(C)(C)C=C1. The Balaban J connectivity index is 2.63. The van der Waals surface area contributed by atoms with Crippen LogP contribution in [0.5, 0.6) is 0 Å². The molecule has 1 nitrogen and oxygen atoms in total. The fraction of sp³-hybridized carbons (Fsp3) is 0.556. The van der Waals surface area contributed by atoms with E-state index in [0.717, 1.165) is 6.42 Å². The lowest BCUT2D eigenvalue weighted by molar-refractivity contribution is 0.542. The molecule has 1 aliphatic heterocycles. The first kappa shape index (κ1) is 7.39. The average Bonchev–Trinajstić information content (AvgIpc) is 1.88. The van der Waals surface area contributed by atoms with Crippen LogP contribution in [0.3, 0.4) is 0 Å². The van der Waals surface area contributed by atoms with Crippen molar-refractivity contribution in [3.8, 4) is 0 Å². The minimum Gasteiger partial charge on any atom is -0.382 e. The number of nitrogens with one attached hydrogen (secondary N) is 1. The zero-order valence-electron chi connectivity index (χ0n) is 6.94. The Morgan fingerprint density at radius 1 is 1.50 bits per heavy atom. The van der Waals surface area contributed by atoms with Crippen LogP contribution in [0.4, 0.5) is 0 Å². The summed E-state index contributed by atoms with van der Waals surface area (Å²) in [7, 11) is 0. The minimum absolute atomic E-state index is 0.151. The van der Waals surface area contributed by atoms with E-state index in [1.165, 1.54) is 5.57 Å². The molecule has 1 heterocycles. The largest absolute Gasteiger partial charge is 0.382 e. The lowest BCUT2D eigenvalue weighted by Crippen LogP contribution is -2.34. The first-order valence-corrected chi connectivity index (χ1v) is 3.80. The molecular weight excluding hydrogens is 122 g/mol. The van der Waals surface area contributed by atoms with E-state index in [1.54, 1.807) is 0 Å². The van der Waals surface area contributed by atoms with Gasteiger partial charge in [-0.1, -0.05) is 19.1 Å². The molecule has 1 rings (SSSR count).